The smallest absolute Gasteiger partial charge is 0.180 e. The van der Waals surface area contributed by atoms with Gasteiger partial charge in [-0.1, -0.05) is 115 Å². The van der Waals surface area contributed by atoms with Crippen LogP contribution in [0.2, 0.25) is 0 Å². The highest BCUT2D eigenvalue weighted by molar-refractivity contribution is 6.09. The molecule has 0 saturated heterocycles. The van der Waals surface area contributed by atoms with E-state index in [1.165, 1.54) is 16.3 Å². The Bertz CT molecular complexity index is 3220. The summed E-state index contributed by atoms with van der Waals surface area (Å²) in [4.78, 5) is 12.5. The molecule has 0 atom stereocenters. The van der Waals surface area contributed by atoms with E-state index in [4.69, 9.17) is 18.8 Å². The summed E-state index contributed by atoms with van der Waals surface area (Å²) in [6, 6.07) is 65.2. The van der Waals surface area contributed by atoms with E-state index < -0.39 is 0 Å². The van der Waals surface area contributed by atoms with Gasteiger partial charge in [-0.05, 0) is 88.6 Å². The number of benzene rings is 8. The number of para-hydroxylation sites is 1. The first-order valence-electron chi connectivity index (χ1n) is 18.4. The molecule has 3 heterocycles. The Balaban J connectivity index is 1.06. The van der Waals surface area contributed by atoms with Crippen LogP contribution in [0.3, 0.4) is 0 Å². The average molecular weight is 706 g/mol. The van der Waals surface area contributed by atoms with E-state index >= 15 is 0 Å². The summed E-state index contributed by atoms with van der Waals surface area (Å²) >= 11 is 0. The second-order valence-corrected chi connectivity index (χ2v) is 13.8. The molecule has 0 N–H and O–H groups in total. The molecule has 55 heavy (non-hydrogen) atoms. The fourth-order valence-corrected chi connectivity index (χ4v) is 7.77. The van der Waals surface area contributed by atoms with Crippen molar-refractivity contribution in [2.75, 3.05) is 4.90 Å². The van der Waals surface area contributed by atoms with Gasteiger partial charge in [-0.15, -0.1) is 0 Å². The van der Waals surface area contributed by atoms with Crippen molar-refractivity contribution in [2.24, 2.45) is 0 Å². The molecule has 0 aliphatic heterocycles. The van der Waals surface area contributed by atoms with Crippen LogP contribution in [-0.2, 0) is 0 Å². The standard InChI is InChI=1S/C50H31N3O2/c1-3-12-32(13-4-1)36-18-11-19-38(28-36)53(39-24-22-33-14-7-8-17-35(33)29-39)40-25-26-41-43-30-37(23-27-45(43)54-46(41)31-40)50-51-47(34-15-5-2-6-16-34)49-48(52-50)42-20-9-10-21-44(42)55-49/h1-31H. The second kappa shape index (κ2) is 12.6. The molecule has 0 saturated carbocycles. The van der Waals surface area contributed by atoms with Crippen LogP contribution >= 0.6 is 0 Å². The first kappa shape index (κ1) is 31.1. The molecular weight excluding hydrogens is 675 g/mol. The third-order valence-electron chi connectivity index (χ3n) is 10.4. The quantitative estimate of drug-likeness (QED) is 0.172. The minimum Gasteiger partial charge on any atom is -0.456 e. The number of anilines is 3. The number of nitrogens with zero attached hydrogens (tertiary/aromatic N) is 3. The van der Waals surface area contributed by atoms with Crippen LogP contribution in [0, 0.1) is 0 Å². The number of rotatable bonds is 6. The molecule has 5 heteroatoms. The Morgan fingerprint density at radius 2 is 1.05 bits per heavy atom. The molecule has 8 aromatic carbocycles. The number of furan rings is 2. The maximum absolute atomic E-state index is 6.60. The zero-order valence-corrected chi connectivity index (χ0v) is 29.6. The van der Waals surface area contributed by atoms with Crippen molar-refractivity contribution in [3.05, 3.63) is 188 Å². The van der Waals surface area contributed by atoms with Gasteiger partial charge in [0.15, 0.2) is 11.4 Å². The first-order valence-corrected chi connectivity index (χ1v) is 18.4. The minimum atomic E-state index is 0.631. The Kier molecular flexibility index (Phi) is 7.10. The van der Waals surface area contributed by atoms with Gasteiger partial charge >= 0.3 is 0 Å². The van der Waals surface area contributed by atoms with Crippen LogP contribution in [0.25, 0.3) is 88.6 Å². The van der Waals surface area contributed by atoms with Gasteiger partial charge in [0, 0.05) is 50.4 Å². The van der Waals surface area contributed by atoms with Crippen molar-refractivity contribution < 1.29 is 8.83 Å². The minimum absolute atomic E-state index is 0.631. The normalized spacial score (nSPS) is 11.6. The number of aromatic nitrogens is 2. The maximum Gasteiger partial charge on any atom is 0.180 e. The lowest BCUT2D eigenvalue weighted by atomic mass is 10.0. The van der Waals surface area contributed by atoms with E-state index in [1.807, 2.05) is 48.5 Å². The Hall–Kier alpha value is -7.50. The summed E-state index contributed by atoms with van der Waals surface area (Å²) in [5, 5.41) is 5.37. The zero-order chi connectivity index (χ0) is 36.3. The fourth-order valence-electron chi connectivity index (χ4n) is 7.77. The summed E-state index contributed by atoms with van der Waals surface area (Å²) in [5.74, 6) is 0.631. The monoisotopic (exact) mass is 705 g/mol. The highest BCUT2D eigenvalue weighted by atomic mass is 16.3. The second-order valence-electron chi connectivity index (χ2n) is 13.8. The third kappa shape index (κ3) is 5.33. The van der Waals surface area contributed by atoms with Crippen molar-refractivity contribution in [3.63, 3.8) is 0 Å². The van der Waals surface area contributed by atoms with Crippen molar-refractivity contribution in [1.82, 2.24) is 9.97 Å². The molecule has 11 rings (SSSR count). The zero-order valence-electron chi connectivity index (χ0n) is 29.6. The van der Waals surface area contributed by atoms with Crippen molar-refractivity contribution >= 4 is 71.8 Å². The fraction of sp³-hybridized carbons (Fsp3) is 0. The van der Waals surface area contributed by atoms with Gasteiger partial charge in [0.25, 0.3) is 0 Å². The van der Waals surface area contributed by atoms with Gasteiger partial charge in [0.05, 0.1) is 0 Å². The summed E-state index contributed by atoms with van der Waals surface area (Å²) < 4.78 is 12.9. The molecule has 11 aromatic rings. The van der Waals surface area contributed by atoms with Gasteiger partial charge in [-0.3, -0.25) is 0 Å². The maximum atomic E-state index is 6.60. The molecule has 0 unspecified atom stereocenters. The molecule has 0 bridgehead atoms. The molecule has 258 valence electrons. The van der Waals surface area contributed by atoms with Crippen LogP contribution in [-0.4, -0.2) is 9.97 Å². The number of fused-ring (bicyclic) bond motifs is 7. The third-order valence-corrected chi connectivity index (χ3v) is 10.4. The molecule has 3 aromatic heterocycles. The highest BCUT2D eigenvalue weighted by Gasteiger charge is 2.20. The van der Waals surface area contributed by atoms with Gasteiger partial charge in [-0.2, -0.15) is 0 Å². The van der Waals surface area contributed by atoms with Crippen LogP contribution in [0.5, 0.6) is 0 Å². The number of hydrogen-bond acceptors (Lipinski definition) is 5. The van der Waals surface area contributed by atoms with Gasteiger partial charge in [0.2, 0.25) is 0 Å². The van der Waals surface area contributed by atoms with E-state index in [0.717, 1.165) is 77.9 Å². The molecule has 5 nitrogen and oxygen atoms in total. The summed E-state index contributed by atoms with van der Waals surface area (Å²) in [6.07, 6.45) is 0. The van der Waals surface area contributed by atoms with E-state index in [1.54, 1.807) is 0 Å². The lowest BCUT2D eigenvalue weighted by Crippen LogP contribution is -2.10. The highest BCUT2D eigenvalue weighted by Crippen LogP contribution is 2.42. The molecule has 0 fully saturated rings. The van der Waals surface area contributed by atoms with Crippen LogP contribution in [0.4, 0.5) is 17.1 Å². The van der Waals surface area contributed by atoms with Crippen LogP contribution < -0.4 is 4.90 Å². The van der Waals surface area contributed by atoms with E-state index in [2.05, 4.69) is 144 Å². The van der Waals surface area contributed by atoms with Gasteiger partial charge < -0.3 is 13.7 Å². The largest absolute Gasteiger partial charge is 0.456 e. The lowest BCUT2D eigenvalue weighted by molar-refractivity contribution is 0.667. The summed E-state index contributed by atoms with van der Waals surface area (Å²) in [5.41, 5.74) is 12.0. The van der Waals surface area contributed by atoms with Crippen molar-refractivity contribution in [2.45, 2.75) is 0 Å². The molecule has 0 aliphatic rings. The summed E-state index contributed by atoms with van der Waals surface area (Å²) in [6.45, 7) is 0. The van der Waals surface area contributed by atoms with Gasteiger partial charge in [0.1, 0.15) is 28.0 Å². The molecule has 0 radical (unpaired) electrons. The average Bonchev–Trinajstić information content (AvgIpc) is 3.82. The van der Waals surface area contributed by atoms with Crippen LogP contribution in [0.15, 0.2) is 197 Å². The molecule has 0 aliphatic carbocycles. The van der Waals surface area contributed by atoms with E-state index in [9.17, 15) is 0 Å². The first-order chi connectivity index (χ1) is 27.2. The molecule has 0 amide bonds. The van der Waals surface area contributed by atoms with E-state index in [-0.39, 0.29) is 0 Å². The van der Waals surface area contributed by atoms with Crippen LogP contribution in [0.1, 0.15) is 0 Å². The lowest BCUT2D eigenvalue weighted by Gasteiger charge is -2.26. The predicted molar refractivity (Wildman–Crippen MR) is 225 cm³/mol. The Morgan fingerprint density at radius 3 is 1.93 bits per heavy atom. The molecule has 0 spiro atoms. The predicted octanol–water partition coefficient (Wildman–Crippen LogP) is 13.9. The Morgan fingerprint density at radius 1 is 0.364 bits per heavy atom. The van der Waals surface area contributed by atoms with Crippen molar-refractivity contribution in [3.8, 4) is 33.8 Å². The SMILES string of the molecule is c1ccc(-c2cccc(N(c3ccc4ccccc4c3)c3ccc4c(c3)oc3ccc(-c5nc(-c6ccccc6)c6oc7ccccc7c6n5)cc34)c2)cc1. The Labute approximate surface area is 316 Å². The number of hydrogen-bond donors (Lipinski definition) is 0. The topological polar surface area (TPSA) is 55.3 Å². The van der Waals surface area contributed by atoms with E-state index in [0.29, 0.717) is 11.4 Å². The van der Waals surface area contributed by atoms with Crippen molar-refractivity contribution in [1.29, 1.82) is 0 Å². The van der Waals surface area contributed by atoms with Gasteiger partial charge in [-0.25, -0.2) is 9.97 Å². The molecular formula is C50H31N3O2. The summed E-state index contributed by atoms with van der Waals surface area (Å²) in [7, 11) is 0.